The summed E-state index contributed by atoms with van der Waals surface area (Å²) in [7, 11) is 0. The van der Waals surface area contributed by atoms with Gasteiger partial charge >= 0.3 is 6.18 Å². The van der Waals surface area contributed by atoms with Crippen LogP contribution in [0.1, 0.15) is 18.1 Å². The molecule has 6 heteroatoms. The van der Waals surface area contributed by atoms with Gasteiger partial charge in [0.1, 0.15) is 0 Å². The third-order valence-corrected chi connectivity index (χ3v) is 7.80. The highest BCUT2D eigenvalue weighted by molar-refractivity contribution is 7.00. The predicted octanol–water partition coefficient (Wildman–Crippen LogP) is 7.35. The number of para-hydroxylation sites is 3. The van der Waals surface area contributed by atoms with E-state index in [1.807, 2.05) is 65.6 Å². The molecule has 5 aromatic rings. The average molecular weight is 516 g/mol. The van der Waals surface area contributed by atoms with E-state index in [0.29, 0.717) is 5.69 Å². The lowest BCUT2D eigenvalue weighted by Crippen LogP contribution is -2.61. The SMILES string of the molecule is CCc1cc2c3c(c1)N(c1ccccc1)c1cc(C(F)(F)F)ccc1B3c1ccccc1N2c1ccccc1. The molecule has 2 heterocycles. The zero-order valence-electron chi connectivity index (χ0n) is 21.3. The van der Waals surface area contributed by atoms with Crippen molar-refractivity contribution in [2.75, 3.05) is 9.80 Å². The fraction of sp³-hybridized carbons (Fsp3) is 0.0909. The summed E-state index contributed by atoms with van der Waals surface area (Å²) >= 11 is 0. The number of anilines is 6. The first kappa shape index (κ1) is 23.7. The van der Waals surface area contributed by atoms with Crippen molar-refractivity contribution in [3.05, 3.63) is 126 Å². The Morgan fingerprint density at radius 1 is 0.590 bits per heavy atom. The number of nitrogens with zero attached hydrogens (tertiary/aromatic N) is 2. The predicted molar refractivity (Wildman–Crippen MR) is 155 cm³/mol. The first-order valence-electron chi connectivity index (χ1n) is 13.1. The molecule has 0 N–H and O–H groups in total. The number of halogens is 3. The maximum atomic E-state index is 14.0. The lowest BCUT2D eigenvalue weighted by Gasteiger charge is -2.44. The third kappa shape index (κ3) is 3.66. The van der Waals surface area contributed by atoms with Crippen molar-refractivity contribution in [1.82, 2.24) is 0 Å². The first-order valence-corrected chi connectivity index (χ1v) is 13.1. The summed E-state index contributed by atoms with van der Waals surface area (Å²) in [5.41, 5.74) is 8.99. The molecule has 0 aromatic heterocycles. The number of aryl methyl sites for hydroxylation is 1. The van der Waals surface area contributed by atoms with E-state index in [1.165, 1.54) is 12.1 Å². The number of alkyl halides is 3. The van der Waals surface area contributed by atoms with Crippen LogP contribution in [0.3, 0.4) is 0 Å². The summed E-state index contributed by atoms with van der Waals surface area (Å²) in [6.07, 6.45) is -3.64. The molecule has 0 unspecified atom stereocenters. The maximum Gasteiger partial charge on any atom is 0.416 e. The molecule has 0 radical (unpaired) electrons. The van der Waals surface area contributed by atoms with Gasteiger partial charge in [0.2, 0.25) is 0 Å². The Kier molecular flexibility index (Phi) is 5.34. The van der Waals surface area contributed by atoms with Crippen LogP contribution < -0.4 is 26.2 Å². The highest BCUT2D eigenvalue weighted by Gasteiger charge is 2.44. The van der Waals surface area contributed by atoms with Crippen LogP contribution in [0.5, 0.6) is 0 Å². The van der Waals surface area contributed by atoms with Crippen LogP contribution in [0.25, 0.3) is 0 Å². The highest BCUT2D eigenvalue weighted by Crippen LogP contribution is 2.45. The Morgan fingerprint density at radius 3 is 1.72 bits per heavy atom. The number of benzene rings is 5. The summed E-state index contributed by atoms with van der Waals surface area (Å²) in [4.78, 5) is 4.30. The van der Waals surface area contributed by atoms with Gasteiger partial charge in [0.15, 0.2) is 0 Å². The van der Waals surface area contributed by atoms with Crippen LogP contribution in [-0.4, -0.2) is 6.71 Å². The molecule has 0 aliphatic carbocycles. The molecular formula is C33H24BF3N2. The Bertz CT molecular complexity index is 1700. The van der Waals surface area contributed by atoms with Gasteiger partial charge in [-0.05, 0) is 76.9 Å². The molecular weight excluding hydrogens is 492 g/mol. The fourth-order valence-electron chi connectivity index (χ4n) is 6.09. The van der Waals surface area contributed by atoms with Gasteiger partial charge in [0, 0.05) is 34.1 Å². The first-order chi connectivity index (χ1) is 19.0. The molecule has 2 aliphatic heterocycles. The average Bonchev–Trinajstić information content (AvgIpc) is 2.96. The molecule has 0 saturated carbocycles. The summed E-state index contributed by atoms with van der Waals surface area (Å²) in [6, 6.07) is 36.8. The van der Waals surface area contributed by atoms with Crippen LogP contribution in [-0.2, 0) is 12.6 Å². The topological polar surface area (TPSA) is 6.48 Å². The minimum absolute atomic E-state index is 0.200. The van der Waals surface area contributed by atoms with Crippen molar-refractivity contribution in [2.45, 2.75) is 19.5 Å². The quantitative estimate of drug-likeness (QED) is 0.227. The van der Waals surface area contributed by atoms with Gasteiger partial charge in [0.25, 0.3) is 6.71 Å². The van der Waals surface area contributed by atoms with Crippen molar-refractivity contribution >= 4 is 57.2 Å². The van der Waals surface area contributed by atoms with Gasteiger partial charge in [-0.2, -0.15) is 13.2 Å². The van der Waals surface area contributed by atoms with Crippen LogP contribution in [0.15, 0.2) is 115 Å². The molecule has 0 bridgehead atoms. The molecule has 190 valence electrons. The summed E-state index contributed by atoms with van der Waals surface area (Å²) in [5.74, 6) is 0. The Balaban J connectivity index is 1.60. The molecule has 0 atom stereocenters. The van der Waals surface area contributed by atoms with E-state index in [4.69, 9.17) is 0 Å². The van der Waals surface area contributed by atoms with Crippen molar-refractivity contribution in [1.29, 1.82) is 0 Å². The second-order valence-corrected chi connectivity index (χ2v) is 10.0. The van der Waals surface area contributed by atoms with Gasteiger partial charge in [-0.25, -0.2) is 0 Å². The number of hydrogen-bond donors (Lipinski definition) is 0. The third-order valence-electron chi connectivity index (χ3n) is 7.80. The summed E-state index contributed by atoms with van der Waals surface area (Å²) in [5, 5.41) is 0. The molecule has 5 aromatic carbocycles. The maximum absolute atomic E-state index is 14.0. The Labute approximate surface area is 226 Å². The lowest BCUT2D eigenvalue weighted by atomic mass is 9.33. The van der Waals surface area contributed by atoms with Crippen LogP contribution in [0.2, 0.25) is 0 Å². The molecule has 2 aliphatic rings. The van der Waals surface area contributed by atoms with Crippen LogP contribution >= 0.6 is 0 Å². The number of fused-ring (bicyclic) bond motifs is 4. The molecule has 0 saturated heterocycles. The second kappa shape index (κ2) is 8.80. The monoisotopic (exact) mass is 516 g/mol. The normalized spacial score (nSPS) is 13.6. The van der Waals surface area contributed by atoms with Crippen LogP contribution in [0.4, 0.5) is 47.3 Å². The molecule has 7 rings (SSSR count). The van der Waals surface area contributed by atoms with E-state index in [9.17, 15) is 13.2 Å². The summed E-state index contributed by atoms with van der Waals surface area (Å²) < 4.78 is 42.0. The molecule has 0 amide bonds. The van der Waals surface area contributed by atoms with E-state index in [1.54, 1.807) is 6.07 Å². The number of hydrogen-bond acceptors (Lipinski definition) is 2. The minimum atomic E-state index is -4.44. The van der Waals surface area contributed by atoms with Gasteiger partial charge in [-0.1, -0.05) is 73.7 Å². The van der Waals surface area contributed by atoms with E-state index >= 15 is 0 Å². The highest BCUT2D eigenvalue weighted by atomic mass is 19.4. The molecule has 39 heavy (non-hydrogen) atoms. The van der Waals surface area contributed by atoms with E-state index in [2.05, 4.69) is 48.2 Å². The molecule has 0 fully saturated rings. The van der Waals surface area contributed by atoms with Gasteiger partial charge in [-0.3, -0.25) is 0 Å². The van der Waals surface area contributed by atoms with Crippen molar-refractivity contribution in [3.63, 3.8) is 0 Å². The standard InChI is InChI=1S/C33H24BF3N2/c1-2-22-19-30-32-31(20-22)39(25-13-7-4-8-14-25)29-21-23(33(35,36)37)17-18-27(29)34(32)26-15-9-10-16-28(26)38(30)24-11-5-3-6-12-24/h3-21H,2H2,1H3. The zero-order chi connectivity index (χ0) is 26.7. The van der Waals surface area contributed by atoms with Gasteiger partial charge < -0.3 is 9.80 Å². The zero-order valence-corrected chi connectivity index (χ0v) is 21.3. The Hall–Kier alpha value is -4.45. The van der Waals surface area contributed by atoms with Crippen LogP contribution in [0, 0.1) is 0 Å². The molecule has 0 spiro atoms. The van der Waals surface area contributed by atoms with E-state index in [-0.39, 0.29) is 6.71 Å². The van der Waals surface area contributed by atoms with E-state index in [0.717, 1.165) is 56.8 Å². The second-order valence-electron chi connectivity index (χ2n) is 10.0. The smallest absolute Gasteiger partial charge is 0.311 e. The largest absolute Gasteiger partial charge is 0.416 e. The van der Waals surface area contributed by atoms with E-state index < -0.39 is 11.7 Å². The fourth-order valence-corrected chi connectivity index (χ4v) is 6.09. The van der Waals surface area contributed by atoms with Crippen molar-refractivity contribution < 1.29 is 13.2 Å². The van der Waals surface area contributed by atoms with Gasteiger partial charge in [-0.15, -0.1) is 0 Å². The summed E-state index contributed by atoms with van der Waals surface area (Å²) in [6.45, 7) is 1.91. The Morgan fingerprint density at radius 2 is 1.13 bits per heavy atom. The number of rotatable bonds is 3. The van der Waals surface area contributed by atoms with Crippen molar-refractivity contribution in [3.8, 4) is 0 Å². The lowest BCUT2D eigenvalue weighted by molar-refractivity contribution is -0.137. The van der Waals surface area contributed by atoms with Gasteiger partial charge in [0.05, 0.1) is 5.56 Å². The van der Waals surface area contributed by atoms with Crippen molar-refractivity contribution in [2.24, 2.45) is 0 Å². The molecule has 2 nitrogen and oxygen atoms in total. The minimum Gasteiger partial charge on any atom is -0.311 e.